The number of hydrogen-bond acceptors (Lipinski definition) is 2. The largest absolute Gasteiger partial charge is 0.488 e. The van der Waals surface area contributed by atoms with E-state index in [0.29, 0.717) is 0 Å². The molecule has 1 aromatic rings. The maximum atomic E-state index is 5.95. The van der Waals surface area contributed by atoms with Crippen LogP contribution in [0.5, 0.6) is 5.75 Å². The number of fused-ring (bicyclic) bond motifs is 1. The second-order valence-electron chi connectivity index (χ2n) is 3.29. The SMILES string of the molecule is N[C@@H]1Cc2ccccc2O[C@@H]1CBr. The van der Waals surface area contributed by atoms with Crippen molar-refractivity contribution in [3.8, 4) is 5.75 Å². The second-order valence-corrected chi connectivity index (χ2v) is 3.93. The van der Waals surface area contributed by atoms with Gasteiger partial charge in [-0.3, -0.25) is 0 Å². The van der Waals surface area contributed by atoms with Crippen LogP contribution in [0.4, 0.5) is 0 Å². The van der Waals surface area contributed by atoms with Gasteiger partial charge in [-0.2, -0.15) is 0 Å². The van der Waals surface area contributed by atoms with Crippen molar-refractivity contribution in [2.24, 2.45) is 5.73 Å². The van der Waals surface area contributed by atoms with Crippen LogP contribution in [-0.4, -0.2) is 17.5 Å². The van der Waals surface area contributed by atoms with Gasteiger partial charge >= 0.3 is 0 Å². The normalized spacial score (nSPS) is 26.3. The van der Waals surface area contributed by atoms with Gasteiger partial charge in [-0.25, -0.2) is 0 Å². The van der Waals surface area contributed by atoms with Crippen molar-refractivity contribution in [1.29, 1.82) is 0 Å². The Hall–Kier alpha value is -0.540. The first-order chi connectivity index (χ1) is 6.31. The van der Waals surface area contributed by atoms with Gasteiger partial charge in [0.1, 0.15) is 11.9 Å². The highest BCUT2D eigenvalue weighted by Crippen LogP contribution is 2.26. The Morgan fingerprint density at radius 2 is 2.23 bits per heavy atom. The van der Waals surface area contributed by atoms with Crippen LogP contribution in [-0.2, 0) is 6.42 Å². The topological polar surface area (TPSA) is 35.2 Å². The summed E-state index contributed by atoms with van der Waals surface area (Å²) in [6, 6.07) is 8.18. The number of nitrogens with two attached hydrogens (primary N) is 1. The molecule has 2 N–H and O–H groups in total. The van der Waals surface area contributed by atoms with Gasteiger partial charge in [-0.15, -0.1) is 0 Å². The highest BCUT2D eigenvalue weighted by Gasteiger charge is 2.25. The zero-order valence-corrected chi connectivity index (χ0v) is 8.83. The molecule has 1 aromatic carbocycles. The molecule has 0 bridgehead atoms. The molecule has 0 aromatic heterocycles. The molecule has 0 spiro atoms. The van der Waals surface area contributed by atoms with E-state index in [-0.39, 0.29) is 12.1 Å². The fourth-order valence-electron chi connectivity index (χ4n) is 1.57. The lowest BCUT2D eigenvalue weighted by Gasteiger charge is -2.30. The van der Waals surface area contributed by atoms with Crippen molar-refractivity contribution in [2.75, 3.05) is 5.33 Å². The molecule has 3 heteroatoms. The van der Waals surface area contributed by atoms with Crippen molar-refractivity contribution < 1.29 is 4.74 Å². The molecule has 0 aliphatic carbocycles. The zero-order valence-electron chi connectivity index (χ0n) is 7.24. The molecule has 2 atom stereocenters. The molecule has 2 rings (SSSR count). The third-order valence-corrected chi connectivity index (χ3v) is 2.97. The Labute approximate surface area is 86.2 Å². The molecular formula is C10H12BrNO. The lowest BCUT2D eigenvalue weighted by atomic mass is 9.99. The molecule has 0 unspecified atom stereocenters. The van der Waals surface area contributed by atoms with Gasteiger partial charge in [-0.05, 0) is 18.1 Å². The van der Waals surface area contributed by atoms with Gasteiger partial charge in [0.05, 0.1) is 0 Å². The summed E-state index contributed by atoms with van der Waals surface area (Å²) in [5.41, 5.74) is 7.16. The minimum atomic E-state index is 0.106. The maximum Gasteiger partial charge on any atom is 0.124 e. The molecule has 1 aliphatic heterocycles. The van der Waals surface area contributed by atoms with Crippen molar-refractivity contribution in [1.82, 2.24) is 0 Å². The van der Waals surface area contributed by atoms with Gasteiger partial charge in [0.25, 0.3) is 0 Å². The Morgan fingerprint density at radius 1 is 1.46 bits per heavy atom. The maximum absolute atomic E-state index is 5.95. The van der Waals surface area contributed by atoms with Gasteiger partial charge in [0, 0.05) is 11.4 Å². The van der Waals surface area contributed by atoms with Crippen LogP contribution in [0.15, 0.2) is 24.3 Å². The molecule has 13 heavy (non-hydrogen) atoms. The average Bonchev–Trinajstić information content (AvgIpc) is 2.17. The summed E-state index contributed by atoms with van der Waals surface area (Å²) >= 11 is 3.40. The van der Waals surface area contributed by atoms with E-state index in [2.05, 4.69) is 22.0 Å². The number of ether oxygens (including phenoxy) is 1. The van der Waals surface area contributed by atoms with Crippen molar-refractivity contribution >= 4 is 15.9 Å². The lowest BCUT2D eigenvalue weighted by Crippen LogP contribution is -2.44. The van der Waals surface area contributed by atoms with Crippen LogP contribution in [0.3, 0.4) is 0 Å². The van der Waals surface area contributed by atoms with E-state index < -0.39 is 0 Å². The third-order valence-electron chi connectivity index (χ3n) is 2.34. The van der Waals surface area contributed by atoms with Crippen LogP contribution in [0.1, 0.15) is 5.56 Å². The fourth-order valence-corrected chi connectivity index (χ4v) is 2.18. The van der Waals surface area contributed by atoms with Gasteiger partial charge in [-0.1, -0.05) is 34.1 Å². The van der Waals surface area contributed by atoms with Gasteiger partial charge in [0.2, 0.25) is 0 Å². The highest BCUT2D eigenvalue weighted by atomic mass is 79.9. The summed E-state index contributed by atoms with van der Waals surface area (Å²) in [6.45, 7) is 0. The minimum Gasteiger partial charge on any atom is -0.488 e. The highest BCUT2D eigenvalue weighted by molar-refractivity contribution is 9.09. The van der Waals surface area contributed by atoms with Crippen molar-refractivity contribution in [2.45, 2.75) is 18.6 Å². The number of rotatable bonds is 1. The van der Waals surface area contributed by atoms with Crippen LogP contribution < -0.4 is 10.5 Å². The monoisotopic (exact) mass is 241 g/mol. The Kier molecular flexibility index (Phi) is 2.56. The van der Waals surface area contributed by atoms with E-state index in [4.69, 9.17) is 10.5 Å². The molecule has 2 nitrogen and oxygen atoms in total. The van der Waals surface area contributed by atoms with E-state index in [1.165, 1.54) is 5.56 Å². The molecule has 0 saturated heterocycles. The van der Waals surface area contributed by atoms with E-state index in [1.807, 2.05) is 18.2 Å². The summed E-state index contributed by atoms with van der Waals surface area (Å²) in [4.78, 5) is 0. The molecule has 1 aliphatic rings. The number of benzene rings is 1. The number of halogens is 1. The molecule has 0 amide bonds. The Morgan fingerprint density at radius 3 is 3.00 bits per heavy atom. The summed E-state index contributed by atoms with van der Waals surface area (Å²) in [5.74, 6) is 0.980. The molecule has 0 radical (unpaired) electrons. The number of alkyl halides is 1. The summed E-state index contributed by atoms with van der Waals surface area (Å²) in [5, 5.41) is 0.794. The second kappa shape index (κ2) is 3.68. The molecule has 0 fully saturated rings. The predicted octanol–water partition coefficient (Wildman–Crippen LogP) is 1.71. The molecule has 1 heterocycles. The third kappa shape index (κ3) is 1.71. The van der Waals surface area contributed by atoms with Crippen LogP contribution in [0.25, 0.3) is 0 Å². The standard InChI is InChI=1S/C10H12BrNO/c11-6-10-8(12)5-7-3-1-2-4-9(7)13-10/h1-4,8,10H,5-6,12H2/t8-,10-/m1/s1. The summed E-state index contributed by atoms with van der Waals surface area (Å²) < 4.78 is 5.72. The first kappa shape index (κ1) is 9.03. The number of para-hydroxylation sites is 1. The van der Waals surface area contributed by atoms with Crippen LogP contribution >= 0.6 is 15.9 Å². The van der Waals surface area contributed by atoms with Gasteiger partial charge in [0.15, 0.2) is 0 Å². The fraction of sp³-hybridized carbons (Fsp3) is 0.400. The van der Waals surface area contributed by atoms with E-state index in [1.54, 1.807) is 0 Å². The quantitative estimate of drug-likeness (QED) is 0.761. The molecular weight excluding hydrogens is 230 g/mol. The minimum absolute atomic E-state index is 0.106. The first-order valence-electron chi connectivity index (χ1n) is 4.37. The molecule has 70 valence electrons. The summed E-state index contributed by atoms with van der Waals surface area (Å²) in [6.07, 6.45) is 1.02. The summed E-state index contributed by atoms with van der Waals surface area (Å²) in [7, 11) is 0. The van der Waals surface area contributed by atoms with Crippen LogP contribution in [0, 0.1) is 0 Å². The zero-order chi connectivity index (χ0) is 9.26. The van der Waals surface area contributed by atoms with Crippen LogP contribution in [0.2, 0.25) is 0 Å². The van der Waals surface area contributed by atoms with E-state index in [0.717, 1.165) is 17.5 Å². The smallest absolute Gasteiger partial charge is 0.124 e. The van der Waals surface area contributed by atoms with Crippen molar-refractivity contribution in [3.63, 3.8) is 0 Å². The Bertz CT molecular complexity index is 303. The first-order valence-corrected chi connectivity index (χ1v) is 5.49. The average molecular weight is 242 g/mol. The van der Waals surface area contributed by atoms with E-state index >= 15 is 0 Å². The van der Waals surface area contributed by atoms with E-state index in [9.17, 15) is 0 Å². The van der Waals surface area contributed by atoms with Gasteiger partial charge < -0.3 is 10.5 Å². The Balaban J connectivity index is 2.27. The number of hydrogen-bond donors (Lipinski definition) is 1. The van der Waals surface area contributed by atoms with Crippen molar-refractivity contribution in [3.05, 3.63) is 29.8 Å². The molecule has 0 saturated carbocycles. The predicted molar refractivity (Wildman–Crippen MR) is 56.3 cm³/mol. The lowest BCUT2D eigenvalue weighted by molar-refractivity contribution is 0.174.